The number of aryl methyl sites for hydroxylation is 1. The van der Waals surface area contributed by atoms with E-state index in [4.69, 9.17) is 9.15 Å². The fraction of sp³-hybridized carbons (Fsp3) is 0.714. The van der Waals surface area contributed by atoms with Gasteiger partial charge in [-0.3, -0.25) is 0 Å². The van der Waals surface area contributed by atoms with Crippen LogP contribution in [0.3, 0.4) is 0 Å². The number of oxazole rings is 1. The molecule has 0 radical (unpaired) electrons. The molecule has 1 heterocycles. The number of esters is 1. The van der Waals surface area contributed by atoms with Crippen molar-refractivity contribution in [2.24, 2.45) is 11.8 Å². The maximum Gasteiger partial charge on any atom is 0.376 e. The van der Waals surface area contributed by atoms with Gasteiger partial charge in [0.25, 0.3) is 0 Å². The zero-order valence-corrected chi connectivity index (χ0v) is 10.9. The Bertz CT molecular complexity index is 454. The molecule has 2 atom stereocenters. The SMILES string of the molecule is CCOC(=O)c1oc(C2C3CCCCC32)nc1C. The standard InChI is InChI=1S/C14H19NO3/c1-3-17-14(16)12-8(2)15-13(18-12)11-9-6-4-5-7-10(9)11/h9-11H,3-7H2,1-2H3. The van der Waals surface area contributed by atoms with Crippen molar-refractivity contribution in [2.75, 3.05) is 6.61 Å². The summed E-state index contributed by atoms with van der Waals surface area (Å²) in [7, 11) is 0. The lowest BCUT2D eigenvalue weighted by Gasteiger charge is -2.04. The molecule has 0 aromatic carbocycles. The van der Waals surface area contributed by atoms with Gasteiger partial charge in [-0.1, -0.05) is 12.8 Å². The lowest BCUT2D eigenvalue weighted by atomic mass is 10.0. The van der Waals surface area contributed by atoms with Gasteiger partial charge in [0.2, 0.25) is 5.76 Å². The molecule has 98 valence electrons. The highest BCUT2D eigenvalue weighted by atomic mass is 16.5. The maximum atomic E-state index is 11.7. The van der Waals surface area contributed by atoms with Crippen LogP contribution >= 0.6 is 0 Å². The molecule has 0 N–H and O–H groups in total. The molecular formula is C14H19NO3. The normalized spacial score (nSPS) is 29.8. The van der Waals surface area contributed by atoms with Crippen LogP contribution in [0.4, 0.5) is 0 Å². The van der Waals surface area contributed by atoms with E-state index in [0.717, 1.165) is 17.7 Å². The van der Waals surface area contributed by atoms with Gasteiger partial charge in [0, 0.05) is 5.92 Å². The molecule has 1 aromatic rings. The van der Waals surface area contributed by atoms with Gasteiger partial charge in [0.15, 0.2) is 5.89 Å². The van der Waals surface area contributed by atoms with E-state index < -0.39 is 5.97 Å². The van der Waals surface area contributed by atoms with Crippen LogP contribution in [0.2, 0.25) is 0 Å². The fourth-order valence-corrected chi connectivity index (χ4v) is 3.30. The number of rotatable bonds is 3. The van der Waals surface area contributed by atoms with E-state index in [9.17, 15) is 4.79 Å². The van der Waals surface area contributed by atoms with Crippen LogP contribution in [0.5, 0.6) is 0 Å². The van der Waals surface area contributed by atoms with E-state index in [1.807, 2.05) is 6.92 Å². The number of carbonyl (C=O) groups excluding carboxylic acids is 1. The van der Waals surface area contributed by atoms with E-state index in [1.165, 1.54) is 25.7 Å². The quantitative estimate of drug-likeness (QED) is 0.772. The predicted octanol–water partition coefficient (Wildman–Crippen LogP) is 3.06. The van der Waals surface area contributed by atoms with Crippen molar-refractivity contribution in [3.8, 4) is 0 Å². The summed E-state index contributed by atoms with van der Waals surface area (Å²) in [5, 5.41) is 0. The summed E-state index contributed by atoms with van der Waals surface area (Å²) in [4.78, 5) is 16.1. The van der Waals surface area contributed by atoms with Gasteiger partial charge >= 0.3 is 5.97 Å². The second kappa shape index (κ2) is 4.41. The summed E-state index contributed by atoms with van der Waals surface area (Å²) in [6, 6.07) is 0. The monoisotopic (exact) mass is 249 g/mol. The van der Waals surface area contributed by atoms with E-state index in [1.54, 1.807) is 6.92 Å². The van der Waals surface area contributed by atoms with Crippen molar-refractivity contribution in [3.63, 3.8) is 0 Å². The van der Waals surface area contributed by atoms with Gasteiger partial charge in [-0.25, -0.2) is 9.78 Å². The van der Waals surface area contributed by atoms with Crippen LogP contribution < -0.4 is 0 Å². The first-order chi connectivity index (χ1) is 8.72. The highest BCUT2D eigenvalue weighted by molar-refractivity contribution is 5.87. The first-order valence-electron chi connectivity index (χ1n) is 6.86. The van der Waals surface area contributed by atoms with Crippen LogP contribution in [0.1, 0.15) is 60.7 Å². The van der Waals surface area contributed by atoms with Crippen LogP contribution in [-0.2, 0) is 4.74 Å². The molecule has 2 aliphatic carbocycles. The molecule has 0 aliphatic heterocycles. The Morgan fingerprint density at radius 2 is 2.06 bits per heavy atom. The third kappa shape index (κ3) is 1.84. The van der Waals surface area contributed by atoms with Crippen molar-refractivity contribution in [1.82, 2.24) is 4.98 Å². The minimum Gasteiger partial charge on any atom is -0.460 e. The van der Waals surface area contributed by atoms with Crippen LogP contribution in [0, 0.1) is 18.8 Å². The van der Waals surface area contributed by atoms with Crippen LogP contribution in [-0.4, -0.2) is 17.6 Å². The van der Waals surface area contributed by atoms with Crippen molar-refractivity contribution < 1.29 is 13.9 Å². The Kier molecular flexibility index (Phi) is 2.88. The van der Waals surface area contributed by atoms with Crippen LogP contribution in [0.25, 0.3) is 0 Å². The lowest BCUT2D eigenvalue weighted by molar-refractivity contribution is 0.0486. The third-order valence-electron chi connectivity index (χ3n) is 4.22. The topological polar surface area (TPSA) is 52.3 Å². The number of fused-ring (bicyclic) bond motifs is 1. The average Bonchev–Trinajstić information content (AvgIpc) is 2.97. The van der Waals surface area contributed by atoms with Crippen molar-refractivity contribution in [1.29, 1.82) is 0 Å². The Morgan fingerprint density at radius 3 is 2.67 bits per heavy atom. The van der Waals surface area contributed by atoms with Crippen molar-refractivity contribution >= 4 is 5.97 Å². The second-order valence-electron chi connectivity index (χ2n) is 5.33. The van der Waals surface area contributed by atoms with Crippen LogP contribution in [0.15, 0.2) is 4.42 Å². The molecule has 2 fully saturated rings. The molecule has 2 unspecified atom stereocenters. The predicted molar refractivity (Wildman–Crippen MR) is 65.4 cm³/mol. The molecule has 4 nitrogen and oxygen atoms in total. The van der Waals surface area contributed by atoms with Gasteiger partial charge in [0.05, 0.1) is 12.3 Å². The summed E-state index contributed by atoms with van der Waals surface area (Å²) in [6.07, 6.45) is 5.21. The largest absolute Gasteiger partial charge is 0.460 e. The summed E-state index contributed by atoms with van der Waals surface area (Å²) in [5.41, 5.74) is 0.659. The van der Waals surface area contributed by atoms with Gasteiger partial charge in [0.1, 0.15) is 0 Å². The summed E-state index contributed by atoms with van der Waals surface area (Å²) < 4.78 is 10.6. The van der Waals surface area contributed by atoms with Crippen molar-refractivity contribution in [3.05, 3.63) is 17.3 Å². The van der Waals surface area contributed by atoms with Gasteiger partial charge in [-0.2, -0.15) is 0 Å². The molecular weight excluding hydrogens is 230 g/mol. The molecule has 2 saturated carbocycles. The Hall–Kier alpha value is -1.32. The smallest absolute Gasteiger partial charge is 0.376 e. The molecule has 1 aromatic heterocycles. The summed E-state index contributed by atoms with van der Waals surface area (Å²) in [6.45, 7) is 3.97. The van der Waals surface area contributed by atoms with E-state index in [0.29, 0.717) is 18.2 Å². The lowest BCUT2D eigenvalue weighted by Crippen LogP contribution is -2.04. The number of aromatic nitrogens is 1. The Balaban J connectivity index is 1.78. The second-order valence-corrected chi connectivity index (χ2v) is 5.33. The molecule has 3 rings (SSSR count). The molecule has 18 heavy (non-hydrogen) atoms. The number of hydrogen-bond acceptors (Lipinski definition) is 4. The number of nitrogens with zero attached hydrogens (tertiary/aromatic N) is 1. The van der Waals surface area contributed by atoms with Gasteiger partial charge in [-0.05, 0) is 38.5 Å². The van der Waals surface area contributed by atoms with E-state index >= 15 is 0 Å². The zero-order valence-electron chi connectivity index (χ0n) is 10.9. The Labute approximate surface area is 107 Å². The van der Waals surface area contributed by atoms with Crippen molar-refractivity contribution in [2.45, 2.75) is 45.4 Å². The van der Waals surface area contributed by atoms with E-state index in [-0.39, 0.29) is 5.76 Å². The molecule has 0 saturated heterocycles. The highest BCUT2D eigenvalue weighted by Crippen LogP contribution is 2.61. The zero-order chi connectivity index (χ0) is 12.7. The third-order valence-corrected chi connectivity index (χ3v) is 4.22. The molecule has 4 heteroatoms. The molecule has 0 spiro atoms. The maximum absolute atomic E-state index is 11.7. The number of ether oxygens (including phenoxy) is 1. The first-order valence-corrected chi connectivity index (χ1v) is 6.86. The number of hydrogen-bond donors (Lipinski definition) is 0. The highest BCUT2D eigenvalue weighted by Gasteiger charge is 2.54. The average molecular weight is 249 g/mol. The molecule has 2 aliphatic rings. The minimum atomic E-state index is -0.391. The van der Waals surface area contributed by atoms with Gasteiger partial charge < -0.3 is 9.15 Å². The van der Waals surface area contributed by atoms with Gasteiger partial charge in [-0.15, -0.1) is 0 Å². The first kappa shape index (κ1) is 11.8. The fourth-order valence-electron chi connectivity index (χ4n) is 3.30. The number of carbonyl (C=O) groups is 1. The summed E-state index contributed by atoms with van der Waals surface area (Å²) >= 11 is 0. The van der Waals surface area contributed by atoms with E-state index in [2.05, 4.69) is 4.98 Å². The Morgan fingerprint density at radius 1 is 1.39 bits per heavy atom. The molecule has 0 amide bonds. The summed E-state index contributed by atoms with van der Waals surface area (Å²) in [5.74, 6) is 2.59. The molecule has 0 bridgehead atoms. The minimum absolute atomic E-state index is 0.287.